The first-order chi connectivity index (χ1) is 11.5. The molecule has 1 saturated heterocycles. The van der Waals surface area contributed by atoms with Crippen LogP contribution in [-0.2, 0) is 14.3 Å². The zero-order chi connectivity index (χ0) is 17.4. The van der Waals surface area contributed by atoms with Gasteiger partial charge in [0.15, 0.2) is 5.57 Å². The third-order valence-corrected chi connectivity index (χ3v) is 5.21. The number of ether oxygens (including phenoxy) is 1. The number of nitrogens with zero attached hydrogens (tertiary/aromatic N) is 2. The second-order valence-corrected chi connectivity index (χ2v) is 6.36. The summed E-state index contributed by atoms with van der Waals surface area (Å²) in [6.45, 7) is 1.72. The minimum atomic E-state index is -0.832. The van der Waals surface area contributed by atoms with Crippen molar-refractivity contribution in [2.24, 2.45) is 0 Å². The SMILES string of the molecule is CCOC(=O)C1=C(O)C2CS[C@@H](c3ccc([N+](=O)[O-])cc3)N2C1=O. The number of benzene rings is 1. The van der Waals surface area contributed by atoms with Crippen LogP contribution >= 0.6 is 11.8 Å². The molecule has 1 unspecified atom stereocenters. The van der Waals surface area contributed by atoms with Crippen LogP contribution in [0.5, 0.6) is 0 Å². The van der Waals surface area contributed by atoms with Gasteiger partial charge in [0.05, 0.1) is 11.5 Å². The third kappa shape index (κ3) is 2.50. The van der Waals surface area contributed by atoms with Crippen LogP contribution < -0.4 is 0 Å². The van der Waals surface area contributed by atoms with Crippen LogP contribution in [0, 0.1) is 10.1 Å². The van der Waals surface area contributed by atoms with E-state index in [9.17, 15) is 24.8 Å². The van der Waals surface area contributed by atoms with Gasteiger partial charge >= 0.3 is 5.97 Å². The number of hydrogen-bond acceptors (Lipinski definition) is 7. The van der Waals surface area contributed by atoms with Gasteiger partial charge in [-0.25, -0.2) is 4.79 Å². The Morgan fingerprint density at radius 1 is 1.46 bits per heavy atom. The lowest BCUT2D eigenvalue weighted by molar-refractivity contribution is -0.384. The highest BCUT2D eigenvalue weighted by Crippen LogP contribution is 2.47. The van der Waals surface area contributed by atoms with Gasteiger partial charge in [-0.15, -0.1) is 11.8 Å². The van der Waals surface area contributed by atoms with Gasteiger partial charge in [-0.1, -0.05) is 0 Å². The predicted octanol–water partition coefficient (Wildman–Crippen LogP) is 1.93. The molecule has 0 bridgehead atoms. The Labute approximate surface area is 141 Å². The molecular formula is C15H14N2O6S. The largest absolute Gasteiger partial charge is 0.509 e. The maximum atomic E-state index is 12.6. The van der Waals surface area contributed by atoms with Gasteiger partial charge in [0.2, 0.25) is 0 Å². The number of nitro groups is 1. The summed E-state index contributed by atoms with van der Waals surface area (Å²) in [5.41, 5.74) is 0.327. The fraction of sp³-hybridized carbons (Fsp3) is 0.333. The van der Waals surface area contributed by atoms with E-state index in [0.717, 1.165) is 0 Å². The average molecular weight is 350 g/mol. The number of amides is 1. The normalized spacial score (nSPS) is 22.7. The van der Waals surface area contributed by atoms with Crippen LogP contribution in [0.15, 0.2) is 35.6 Å². The molecule has 1 aromatic carbocycles. The van der Waals surface area contributed by atoms with Gasteiger partial charge in [-0.2, -0.15) is 0 Å². The molecule has 2 heterocycles. The molecule has 3 rings (SSSR count). The number of esters is 1. The molecule has 24 heavy (non-hydrogen) atoms. The monoisotopic (exact) mass is 350 g/mol. The second-order valence-electron chi connectivity index (χ2n) is 5.24. The van der Waals surface area contributed by atoms with Crippen molar-refractivity contribution >= 4 is 29.3 Å². The van der Waals surface area contributed by atoms with Crippen molar-refractivity contribution in [3.63, 3.8) is 0 Å². The van der Waals surface area contributed by atoms with E-state index in [1.54, 1.807) is 19.1 Å². The zero-order valence-corrected chi connectivity index (χ0v) is 13.5. The first-order valence-electron chi connectivity index (χ1n) is 7.24. The smallest absolute Gasteiger partial charge is 0.347 e. The van der Waals surface area contributed by atoms with Crippen molar-refractivity contribution in [1.82, 2.24) is 4.90 Å². The molecule has 126 valence electrons. The van der Waals surface area contributed by atoms with Gasteiger partial charge < -0.3 is 14.7 Å². The first-order valence-corrected chi connectivity index (χ1v) is 8.29. The number of thioether (sulfide) groups is 1. The Bertz CT molecular complexity index is 745. The molecule has 1 aromatic rings. The summed E-state index contributed by atoms with van der Waals surface area (Å²) in [5.74, 6) is -1.25. The first kappa shape index (κ1) is 16.3. The topological polar surface area (TPSA) is 110 Å². The van der Waals surface area contributed by atoms with Gasteiger partial charge in [-0.3, -0.25) is 14.9 Å². The molecule has 1 amide bonds. The van der Waals surface area contributed by atoms with Crippen molar-refractivity contribution in [2.45, 2.75) is 18.3 Å². The van der Waals surface area contributed by atoms with Crippen LogP contribution in [-0.4, -0.2) is 45.2 Å². The van der Waals surface area contributed by atoms with Crippen LogP contribution in [0.2, 0.25) is 0 Å². The number of hydrogen-bond donors (Lipinski definition) is 1. The summed E-state index contributed by atoms with van der Waals surface area (Å²) < 4.78 is 4.83. The van der Waals surface area contributed by atoms with Crippen molar-refractivity contribution in [3.05, 3.63) is 51.3 Å². The molecule has 1 N–H and O–H groups in total. The second kappa shape index (κ2) is 6.16. The highest BCUT2D eigenvalue weighted by molar-refractivity contribution is 7.99. The van der Waals surface area contributed by atoms with Gasteiger partial charge in [0.25, 0.3) is 11.6 Å². The zero-order valence-electron chi connectivity index (χ0n) is 12.7. The highest BCUT2D eigenvalue weighted by Gasteiger charge is 2.50. The maximum Gasteiger partial charge on any atom is 0.347 e. The highest BCUT2D eigenvalue weighted by atomic mass is 32.2. The molecule has 8 nitrogen and oxygen atoms in total. The molecular weight excluding hydrogens is 336 g/mol. The molecule has 0 aliphatic carbocycles. The lowest BCUT2D eigenvalue weighted by atomic mass is 10.2. The molecule has 2 aliphatic rings. The van der Waals surface area contributed by atoms with Crippen LogP contribution in [0.1, 0.15) is 17.9 Å². The maximum absolute atomic E-state index is 12.6. The number of nitro benzene ring substituents is 1. The lowest BCUT2D eigenvalue weighted by Crippen LogP contribution is -2.34. The Hall–Kier alpha value is -2.55. The summed E-state index contributed by atoms with van der Waals surface area (Å²) in [6, 6.07) is 5.30. The molecule has 0 aromatic heterocycles. The number of fused-ring (bicyclic) bond motifs is 1. The summed E-state index contributed by atoms with van der Waals surface area (Å²) in [6.07, 6.45) is 0. The van der Waals surface area contributed by atoms with Gasteiger partial charge in [0.1, 0.15) is 17.2 Å². The number of carbonyl (C=O) groups is 2. The fourth-order valence-electron chi connectivity index (χ4n) is 2.78. The minimum absolute atomic E-state index is 0.0424. The Morgan fingerprint density at radius 3 is 2.71 bits per heavy atom. The van der Waals surface area contributed by atoms with E-state index in [-0.39, 0.29) is 23.6 Å². The number of aliphatic hydroxyl groups excluding tert-OH is 1. The quantitative estimate of drug-likeness (QED) is 0.382. The molecule has 2 atom stereocenters. The summed E-state index contributed by atoms with van der Waals surface area (Å²) in [4.78, 5) is 36.1. The molecule has 0 radical (unpaired) electrons. The molecule has 0 spiro atoms. The van der Waals surface area contributed by atoms with Gasteiger partial charge in [0, 0.05) is 17.9 Å². The summed E-state index contributed by atoms with van der Waals surface area (Å²) in [5, 5.41) is 20.5. The van der Waals surface area contributed by atoms with Crippen LogP contribution in [0.4, 0.5) is 5.69 Å². The minimum Gasteiger partial charge on any atom is -0.509 e. The summed E-state index contributed by atoms with van der Waals surface area (Å²) in [7, 11) is 0. The van der Waals surface area contributed by atoms with E-state index in [1.807, 2.05) is 0 Å². The fourth-order valence-corrected chi connectivity index (χ4v) is 4.22. The van der Waals surface area contributed by atoms with Crippen molar-refractivity contribution in [3.8, 4) is 0 Å². The number of aliphatic hydroxyl groups is 1. The Morgan fingerprint density at radius 2 is 2.12 bits per heavy atom. The molecule has 2 aliphatic heterocycles. The number of rotatable bonds is 4. The van der Waals surface area contributed by atoms with E-state index in [2.05, 4.69) is 0 Å². The third-order valence-electron chi connectivity index (χ3n) is 3.89. The van der Waals surface area contributed by atoms with E-state index >= 15 is 0 Å². The molecule has 9 heteroatoms. The molecule has 0 saturated carbocycles. The molecule has 1 fully saturated rings. The number of carbonyl (C=O) groups excluding carboxylic acids is 2. The Balaban J connectivity index is 1.87. The lowest BCUT2D eigenvalue weighted by Gasteiger charge is -2.23. The standard InChI is InChI=1S/C15H14N2O6S/c1-2-23-15(20)11-12(18)10-7-24-14(16(10)13(11)19)8-3-5-9(6-4-8)17(21)22/h3-6,10,14,18H,2,7H2,1H3/t10?,14-/m0/s1. The van der Waals surface area contributed by atoms with Gasteiger partial charge in [-0.05, 0) is 24.6 Å². The van der Waals surface area contributed by atoms with E-state index in [1.165, 1.54) is 28.8 Å². The average Bonchev–Trinajstić information content (AvgIpc) is 3.09. The number of non-ortho nitro benzene ring substituents is 1. The van der Waals surface area contributed by atoms with Crippen molar-refractivity contribution < 1.29 is 24.4 Å². The van der Waals surface area contributed by atoms with E-state index in [4.69, 9.17) is 4.74 Å². The van der Waals surface area contributed by atoms with Crippen LogP contribution in [0.25, 0.3) is 0 Å². The predicted molar refractivity (Wildman–Crippen MR) is 85.2 cm³/mol. The van der Waals surface area contributed by atoms with Crippen molar-refractivity contribution in [2.75, 3.05) is 12.4 Å². The van der Waals surface area contributed by atoms with E-state index in [0.29, 0.717) is 11.3 Å². The Kier molecular flexibility index (Phi) is 4.18. The van der Waals surface area contributed by atoms with Crippen LogP contribution in [0.3, 0.4) is 0 Å². The summed E-state index contributed by atoms with van der Waals surface area (Å²) >= 11 is 1.43. The van der Waals surface area contributed by atoms with Crippen molar-refractivity contribution in [1.29, 1.82) is 0 Å². The van der Waals surface area contributed by atoms with E-state index < -0.39 is 28.2 Å².